The average Bonchev–Trinajstić information content (AvgIpc) is 3.23. The molecule has 0 unspecified atom stereocenters. The number of nitrogens with one attached hydrogen (secondary N) is 1. The van der Waals surface area contributed by atoms with Gasteiger partial charge >= 0.3 is 0 Å². The number of benzene rings is 2. The van der Waals surface area contributed by atoms with Gasteiger partial charge in [-0.05, 0) is 60.2 Å². The highest BCUT2D eigenvalue weighted by atomic mass is 32.1. The third-order valence-electron chi connectivity index (χ3n) is 4.07. The first kappa shape index (κ1) is 17.9. The van der Waals surface area contributed by atoms with E-state index in [9.17, 15) is 4.79 Å². The predicted molar refractivity (Wildman–Crippen MR) is 106 cm³/mol. The van der Waals surface area contributed by atoms with Crippen LogP contribution < -0.4 is 19.5 Å². The van der Waals surface area contributed by atoms with Crippen LogP contribution in [-0.2, 0) is 0 Å². The molecule has 0 bridgehead atoms. The lowest BCUT2D eigenvalue weighted by Crippen LogP contribution is -2.15. The number of carbonyl (C=O) groups excluding carboxylic acids is 1. The summed E-state index contributed by atoms with van der Waals surface area (Å²) in [5, 5.41) is 11.4. The van der Waals surface area contributed by atoms with Crippen LogP contribution in [0.2, 0.25) is 0 Å². The van der Waals surface area contributed by atoms with E-state index in [1.165, 1.54) is 11.3 Å². The summed E-state index contributed by atoms with van der Waals surface area (Å²) in [6.07, 6.45) is 0. The van der Waals surface area contributed by atoms with E-state index in [2.05, 4.69) is 5.32 Å². The van der Waals surface area contributed by atoms with Crippen molar-refractivity contribution in [2.24, 2.45) is 0 Å². The maximum absolute atomic E-state index is 12.5. The molecule has 6 nitrogen and oxygen atoms in total. The molecule has 1 aliphatic heterocycles. The minimum atomic E-state index is -0.181. The van der Waals surface area contributed by atoms with Crippen molar-refractivity contribution in [3.05, 3.63) is 59.5 Å². The number of amides is 1. The molecule has 140 valence electrons. The van der Waals surface area contributed by atoms with Crippen LogP contribution in [0.25, 0.3) is 10.4 Å². The van der Waals surface area contributed by atoms with Gasteiger partial charge < -0.3 is 19.5 Å². The van der Waals surface area contributed by atoms with Crippen LogP contribution in [0.3, 0.4) is 0 Å². The summed E-state index contributed by atoms with van der Waals surface area (Å²) in [4.78, 5) is 14.1. The fourth-order valence-electron chi connectivity index (χ4n) is 2.75. The highest BCUT2D eigenvalue weighted by Crippen LogP contribution is 2.37. The molecular formula is C21H16N2O4S. The van der Waals surface area contributed by atoms with Crippen molar-refractivity contribution >= 4 is 22.9 Å². The van der Waals surface area contributed by atoms with Gasteiger partial charge in [-0.3, -0.25) is 4.79 Å². The van der Waals surface area contributed by atoms with Gasteiger partial charge in [-0.15, -0.1) is 11.3 Å². The minimum Gasteiger partial charge on any atom is -0.486 e. The van der Waals surface area contributed by atoms with E-state index < -0.39 is 0 Å². The second-order valence-electron chi connectivity index (χ2n) is 5.95. The smallest absolute Gasteiger partial charge is 0.265 e. The molecule has 1 amide bonds. The lowest BCUT2D eigenvalue weighted by Gasteiger charge is -2.18. The van der Waals surface area contributed by atoms with Crippen molar-refractivity contribution in [2.45, 2.75) is 0 Å². The third-order valence-corrected chi connectivity index (χ3v) is 5.21. The Balaban J connectivity index is 1.45. The molecule has 0 radical (unpaired) electrons. The van der Waals surface area contributed by atoms with Crippen LogP contribution in [0, 0.1) is 11.3 Å². The number of ether oxygens (including phenoxy) is 3. The number of nitrogens with zero attached hydrogens (tertiary/aromatic N) is 1. The van der Waals surface area contributed by atoms with E-state index in [4.69, 9.17) is 19.5 Å². The molecular weight excluding hydrogens is 376 g/mol. The van der Waals surface area contributed by atoms with Gasteiger partial charge in [-0.25, -0.2) is 0 Å². The van der Waals surface area contributed by atoms with Crippen LogP contribution in [0.5, 0.6) is 17.2 Å². The first-order chi connectivity index (χ1) is 13.7. The summed E-state index contributed by atoms with van der Waals surface area (Å²) >= 11 is 1.41. The van der Waals surface area contributed by atoms with Gasteiger partial charge in [-0.2, -0.15) is 5.26 Å². The quantitative estimate of drug-likeness (QED) is 0.699. The van der Waals surface area contributed by atoms with Gasteiger partial charge in [0.25, 0.3) is 5.91 Å². The average molecular weight is 392 g/mol. The fraction of sp³-hybridized carbons (Fsp3) is 0.143. The number of fused-ring (bicyclic) bond motifs is 1. The summed E-state index contributed by atoms with van der Waals surface area (Å²) in [5.41, 5.74) is 1.64. The minimum absolute atomic E-state index is 0.0104. The van der Waals surface area contributed by atoms with Crippen LogP contribution in [0.15, 0.2) is 54.6 Å². The molecule has 3 aromatic rings. The standard InChI is InChI=1S/C21H16N2O4S/c22-9-10-25-16-4-2-15(3-5-16)23-21(24)20-8-7-19(28-20)14-1-6-17-18(13-14)27-12-11-26-17/h1-8,13H,10-12H2,(H,23,24). The fourth-order valence-corrected chi connectivity index (χ4v) is 3.65. The second-order valence-corrected chi connectivity index (χ2v) is 7.03. The number of carbonyl (C=O) groups is 1. The lowest BCUT2D eigenvalue weighted by molar-refractivity contribution is 0.103. The van der Waals surface area contributed by atoms with E-state index in [-0.39, 0.29) is 12.5 Å². The summed E-state index contributed by atoms with van der Waals surface area (Å²) in [7, 11) is 0. The molecule has 0 saturated heterocycles. The molecule has 1 aliphatic rings. The van der Waals surface area contributed by atoms with Gasteiger partial charge in [0.05, 0.1) is 4.88 Å². The number of nitriles is 1. The Morgan fingerprint density at radius 2 is 1.86 bits per heavy atom. The predicted octanol–water partition coefficient (Wildman–Crippen LogP) is 4.34. The van der Waals surface area contributed by atoms with Gasteiger partial charge in [0.15, 0.2) is 18.1 Å². The number of hydrogen-bond acceptors (Lipinski definition) is 6. The molecule has 1 N–H and O–H groups in total. The van der Waals surface area contributed by atoms with E-state index in [0.717, 1.165) is 21.9 Å². The van der Waals surface area contributed by atoms with Crippen molar-refractivity contribution < 1.29 is 19.0 Å². The molecule has 0 atom stereocenters. The Morgan fingerprint density at radius 3 is 2.64 bits per heavy atom. The number of anilines is 1. The normalized spacial score (nSPS) is 12.1. The summed E-state index contributed by atoms with van der Waals surface area (Å²) < 4.78 is 16.4. The zero-order valence-electron chi connectivity index (χ0n) is 14.8. The van der Waals surface area contributed by atoms with Crippen molar-refractivity contribution in [1.29, 1.82) is 5.26 Å². The van der Waals surface area contributed by atoms with Gasteiger partial charge in [0.1, 0.15) is 25.0 Å². The molecule has 7 heteroatoms. The Morgan fingerprint density at radius 1 is 1.07 bits per heavy atom. The largest absolute Gasteiger partial charge is 0.486 e. The second kappa shape index (κ2) is 8.03. The van der Waals surface area contributed by atoms with Crippen LogP contribution in [0.4, 0.5) is 5.69 Å². The molecule has 2 heterocycles. The van der Waals surface area contributed by atoms with E-state index in [0.29, 0.717) is 29.5 Å². The maximum Gasteiger partial charge on any atom is 0.265 e. The number of rotatable bonds is 5. The monoisotopic (exact) mass is 392 g/mol. The Labute approximate surface area is 165 Å². The zero-order valence-corrected chi connectivity index (χ0v) is 15.6. The molecule has 0 fully saturated rings. The molecule has 0 spiro atoms. The van der Waals surface area contributed by atoms with Crippen molar-refractivity contribution in [3.63, 3.8) is 0 Å². The molecule has 4 rings (SSSR count). The first-order valence-corrected chi connectivity index (χ1v) is 9.45. The SMILES string of the molecule is N#CCOc1ccc(NC(=O)c2ccc(-c3ccc4c(c3)OCCO4)s2)cc1. The Kier molecular flexibility index (Phi) is 5.13. The lowest BCUT2D eigenvalue weighted by atomic mass is 10.1. The van der Waals surface area contributed by atoms with Gasteiger partial charge in [0.2, 0.25) is 0 Å². The van der Waals surface area contributed by atoms with E-state index in [1.54, 1.807) is 30.3 Å². The first-order valence-electron chi connectivity index (χ1n) is 8.64. The van der Waals surface area contributed by atoms with Gasteiger partial charge in [-0.1, -0.05) is 0 Å². The highest BCUT2D eigenvalue weighted by Gasteiger charge is 2.15. The van der Waals surface area contributed by atoms with Crippen LogP contribution in [0.1, 0.15) is 9.67 Å². The number of thiophene rings is 1. The Hall–Kier alpha value is -3.50. The maximum atomic E-state index is 12.5. The zero-order chi connectivity index (χ0) is 19.3. The topological polar surface area (TPSA) is 80.6 Å². The summed E-state index contributed by atoms with van der Waals surface area (Å²) in [6, 6.07) is 18.3. The molecule has 0 saturated carbocycles. The summed E-state index contributed by atoms with van der Waals surface area (Å²) in [6.45, 7) is 1.08. The van der Waals surface area contributed by atoms with Crippen molar-refractivity contribution in [1.82, 2.24) is 0 Å². The van der Waals surface area contributed by atoms with Crippen molar-refractivity contribution in [3.8, 4) is 33.8 Å². The molecule has 2 aromatic carbocycles. The van der Waals surface area contributed by atoms with Gasteiger partial charge in [0, 0.05) is 10.6 Å². The number of hydrogen-bond donors (Lipinski definition) is 1. The molecule has 0 aliphatic carbocycles. The third kappa shape index (κ3) is 3.92. The van der Waals surface area contributed by atoms with Crippen molar-refractivity contribution in [2.75, 3.05) is 25.1 Å². The van der Waals surface area contributed by atoms with Crippen LogP contribution >= 0.6 is 11.3 Å². The molecule has 1 aromatic heterocycles. The van der Waals surface area contributed by atoms with E-state index >= 15 is 0 Å². The van der Waals surface area contributed by atoms with E-state index in [1.807, 2.05) is 30.3 Å². The molecule has 28 heavy (non-hydrogen) atoms. The summed E-state index contributed by atoms with van der Waals surface area (Å²) in [5.74, 6) is 1.87. The van der Waals surface area contributed by atoms with Crippen LogP contribution in [-0.4, -0.2) is 25.7 Å². The highest BCUT2D eigenvalue weighted by molar-refractivity contribution is 7.17. The Bertz CT molecular complexity index is 1040.